The fourth-order valence-electron chi connectivity index (χ4n) is 1.34. The second-order valence-electron chi connectivity index (χ2n) is 3.89. The van der Waals surface area contributed by atoms with Crippen molar-refractivity contribution in [1.29, 1.82) is 0 Å². The molecule has 0 bridgehead atoms. The fourth-order valence-corrected chi connectivity index (χ4v) is 1.34. The standard InChI is InChI=1S/C9H19N3O/c1-10(2)4-6-12-7-5-11(3)9(13)8-12/h4-8H2,1-3H3. The maximum absolute atomic E-state index is 11.3. The molecule has 0 saturated carbocycles. The van der Waals surface area contributed by atoms with Gasteiger partial charge in [-0.05, 0) is 14.1 Å². The van der Waals surface area contributed by atoms with Crippen molar-refractivity contribution in [3.8, 4) is 0 Å². The van der Waals surface area contributed by atoms with Crippen molar-refractivity contribution in [1.82, 2.24) is 14.7 Å². The summed E-state index contributed by atoms with van der Waals surface area (Å²) in [7, 11) is 5.97. The van der Waals surface area contributed by atoms with E-state index in [1.165, 1.54) is 0 Å². The van der Waals surface area contributed by atoms with E-state index in [-0.39, 0.29) is 5.91 Å². The molecule has 0 aromatic rings. The molecule has 4 nitrogen and oxygen atoms in total. The Morgan fingerprint density at radius 2 is 2.08 bits per heavy atom. The third-order valence-electron chi connectivity index (χ3n) is 2.40. The number of likely N-dealkylation sites (N-methyl/N-ethyl adjacent to an activating group) is 2. The van der Waals surface area contributed by atoms with Gasteiger partial charge in [-0.25, -0.2) is 0 Å². The SMILES string of the molecule is CN(C)CCN1CCN(C)C(=O)C1. The molecule has 0 atom stereocenters. The highest BCUT2D eigenvalue weighted by Crippen LogP contribution is 1.99. The zero-order valence-corrected chi connectivity index (χ0v) is 8.79. The Labute approximate surface area is 80.1 Å². The van der Waals surface area contributed by atoms with Crippen LogP contribution in [0, 0.1) is 0 Å². The predicted octanol–water partition coefficient (Wildman–Crippen LogP) is -0.678. The molecule has 0 spiro atoms. The molecule has 13 heavy (non-hydrogen) atoms. The minimum absolute atomic E-state index is 0.241. The fraction of sp³-hybridized carbons (Fsp3) is 0.889. The van der Waals surface area contributed by atoms with E-state index in [9.17, 15) is 4.79 Å². The van der Waals surface area contributed by atoms with Crippen LogP contribution in [0.1, 0.15) is 0 Å². The molecule has 1 aliphatic rings. The number of hydrogen-bond donors (Lipinski definition) is 0. The molecule has 0 N–H and O–H groups in total. The summed E-state index contributed by atoms with van der Waals surface area (Å²) in [4.78, 5) is 17.5. The van der Waals surface area contributed by atoms with Gasteiger partial charge in [0.2, 0.25) is 5.91 Å². The summed E-state index contributed by atoms with van der Waals surface area (Å²) in [6.45, 7) is 4.48. The average molecular weight is 185 g/mol. The average Bonchev–Trinajstić information content (AvgIpc) is 2.07. The van der Waals surface area contributed by atoms with Gasteiger partial charge in [0.05, 0.1) is 6.54 Å². The molecular formula is C9H19N3O. The van der Waals surface area contributed by atoms with E-state index >= 15 is 0 Å². The summed E-state index contributed by atoms with van der Waals surface area (Å²) in [5, 5.41) is 0. The highest BCUT2D eigenvalue weighted by molar-refractivity contribution is 5.78. The Bertz CT molecular complexity index is 182. The van der Waals surface area contributed by atoms with Crippen LogP contribution in [0.2, 0.25) is 0 Å². The monoisotopic (exact) mass is 185 g/mol. The van der Waals surface area contributed by atoms with Crippen molar-refractivity contribution < 1.29 is 4.79 Å². The van der Waals surface area contributed by atoms with Crippen molar-refractivity contribution in [3.63, 3.8) is 0 Å². The van der Waals surface area contributed by atoms with Gasteiger partial charge in [-0.15, -0.1) is 0 Å². The molecule has 1 fully saturated rings. The van der Waals surface area contributed by atoms with Crippen LogP contribution in [0.25, 0.3) is 0 Å². The van der Waals surface area contributed by atoms with Crippen molar-refractivity contribution in [2.75, 3.05) is 53.9 Å². The van der Waals surface area contributed by atoms with Crippen LogP contribution in [0.3, 0.4) is 0 Å². The Morgan fingerprint density at radius 1 is 1.38 bits per heavy atom. The molecule has 1 amide bonds. The molecule has 0 radical (unpaired) electrons. The topological polar surface area (TPSA) is 26.8 Å². The van der Waals surface area contributed by atoms with E-state index in [1.54, 1.807) is 4.90 Å². The van der Waals surface area contributed by atoms with E-state index in [4.69, 9.17) is 0 Å². The van der Waals surface area contributed by atoms with Crippen molar-refractivity contribution >= 4 is 5.91 Å². The van der Waals surface area contributed by atoms with Gasteiger partial charge in [0.15, 0.2) is 0 Å². The lowest BCUT2D eigenvalue weighted by molar-refractivity contribution is -0.134. The molecule has 4 heteroatoms. The normalized spacial score (nSPS) is 20.0. The predicted molar refractivity (Wildman–Crippen MR) is 52.6 cm³/mol. The first kappa shape index (κ1) is 10.5. The van der Waals surface area contributed by atoms with Gasteiger partial charge in [0.1, 0.15) is 0 Å². The zero-order valence-electron chi connectivity index (χ0n) is 8.79. The lowest BCUT2D eigenvalue weighted by Gasteiger charge is -2.32. The second kappa shape index (κ2) is 4.58. The van der Waals surface area contributed by atoms with Crippen LogP contribution in [0.4, 0.5) is 0 Å². The highest BCUT2D eigenvalue weighted by Gasteiger charge is 2.20. The van der Waals surface area contributed by atoms with Gasteiger partial charge in [-0.1, -0.05) is 0 Å². The number of amides is 1. The van der Waals surface area contributed by atoms with E-state index < -0.39 is 0 Å². The van der Waals surface area contributed by atoms with Gasteiger partial charge in [0, 0.05) is 33.2 Å². The summed E-state index contributed by atoms with van der Waals surface area (Å²) in [6, 6.07) is 0. The van der Waals surface area contributed by atoms with Crippen LogP contribution >= 0.6 is 0 Å². The number of hydrogen-bond acceptors (Lipinski definition) is 3. The van der Waals surface area contributed by atoms with Crippen molar-refractivity contribution in [3.05, 3.63) is 0 Å². The smallest absolute Gasteiger partial charge is 0.236 e. The van der Waals surface area contributed by atoms with E-state index in [2.05, 4.69) is 23.9 Å². The summed E-state index contributed by atoms with van der Waals surface area (Å²) in [5.41, 5.74) is 0. The van der Waals surface area contributed by atoms with E-state index in [0.29, 0.717) is 6.54 Å². The molecular weight excluding hydrogens is 166 g/mol. The minimum Gasteiger partial charge on any atom is -0.343 e. The molecule has 0 aromatic heterocycles. The summed E-state index contributed by atoms with van der Waals surface area (Å²) >= 11 is 0. The van der Waals surface area contributed by atoms with Gasteiger partial charge < -0.3 is 9.80 Å². The Morgan fingerprint density at radius 3 is 2.62 bits per heavy atom. The quantitative estimate of drug-likeness (QED) is 0.583. The number of nitrogens with zero attached hydrogens (tertiary/aromatic N) is 3. The van der Waals surface area contributed by atoms with Crippen molar-refractivity contribution in [2.45, 2.75) is 0 Å². The number of piperazine rings is 1. The maximum atomic E-state index is 11.3. The zero-order chi connectivity index (χ0) is 9.84. The Kier molecular flexibility index (Phi) is 3.69. The van der Waals surface area contributed by atoms with Gasteiger partial charge in [0.25, 0.3) is 0 Å². The number of carbonyl (C=O) groups excluding carboxylic acids is 1. The Hall–Kier alpha value is -0.610. The summed E-state index contributed by atoms with van der Waals surface area (Å²) in [6.07, 6.45) is 0. The van der Waals surface area contributed by atoms with Crippen molar-refractivity contribution in [2.24, 2.45) is 0 Å². The first-order valence-corrected chi connectivity index (χ1v) is 4.70. The lowest BCUT2D eigenvalue weighted by Crippen LogP contribution is -2.49. The largest absolute Gasteiger partial charge is 0.343 e. The van der Waals surface area contributed by atoms with Crippen LogP contribution in [-0.2, 0) is 4.79 Å². The lowest BCUT2D eigenvalue weighted by atomic mass is 10.3. The van der Waals surface area contributed by atoms with E-state index in [1.807, 2.05) is 7.05 Å². The minimum atomic E-state index is 0.241. The molecule has 1 saturated heterocycles. The Balaban J connectivity index is 2.25. The molecule has 76 valence electrons. The molecule has 1 rings (SSSR count). The van der Waals surface area contributed by atoms with Gasteiger partial charge >= 0.3 is 0 Å². The number of carbonyl (C=O) groups is 1. The summed E-state index contributed by atoms with van der Waals surface area (Å²) in [5.74, 6) is 0.241. The second-order valence-corrected chi connectivity index (χ2v) is 3.89. The van der Waals surface area contributed by atoms with Crippen LogP contribution < -0.4 is 0 Å². The van der Waals surface area contributed by atoms with Crippen LogP contribution in [0.5, 0.6) is 0 Å². The highest BCUT2D eigenvalue weighted by atomic mass is 16.2. The molecule has 0 aliphatic carbocycles. The number of rotatable bonds is 3. The molecule has 1 aliphatic heterocycles. The summed E-state index contributed by atoms with van der Waals surface area (Å²) < 4.78 is 0. The molecule has 0 unspecified atom stereocenters. The maximum Gasteiger partial charge on any atom is 0.236 e. The van der Waals surface area contributed by atoms with Gasteiger partial charge in [-0.2, -0.15) is 0 Å². The first-order valence-electron chi connectivity index (χ1n) is 4.70. The third kappa shape index (κ3) is 3.32. The molecule has 0 aromatic carbocycles. The third-order valence-corrected chi connectivity index (χ3v) is 2.40. The first-order chi connectivity index (χ1) is 6.09. The van der Waals surface area contributed by atoms with Crippen LogP contribution in [-0.4, -0.2) is 74.5 Å². The van der Waals surface area contributed by atoms with Gasteiger partial charge in [-0.3, -0.25) is 9.69 Å². The van der Waals surface area contributed by atoms with E-state index in [0.717, 1.165) is 26.2 Å². The van der Waals surface area contributed by atoms with Crippen LogP contribution in [0.15, 0.2) is 0 Å². The molecule has 1 heterocycles.